The summed E-state index contributed by atoms with van der Waals surface area (Å²) < 4.78 is 38.4. The molecule has 2 aromatic carbocycles. The summed E-state index contributed by atoms with van der Waals surface area (Å²) in [4.78, 5) is 35.4. The molecule has 2 rings (SSSR count). The number of aryl methyl sites for hydroxylation is 2. The summed E-state index contributed by atoms with van der Waals surface area (Å²) in [5.74, 6) is -2.00. The van der Waals surface area contributed by atoms with E-state index in [9.17, 15) is 23.2 Å². The van der Waals surface area contributed by atoms with E-state index < -0.39 is 37.6 Å². The summed E-state index contributed by atoms with van der Waals surface area (Å²) in [5.41, 5.74) is 1.95. The number of rotatable bonds is 8. The van der Waals surface area contributed by atoms with Gasteiger partial charge >= 0.3 is 12.6 Å². The lowest BCUT2D eigenvalue weighted by molar-refractivity contribution is -0.150. The third-order valence-electron chi connectivity index (χ3n) is 3.63. The van der Waals surface area contributed by atoms with Gasteiger partial charge in [0.2, 0.25) is 0 Å². The van der Waals surface area contributed by atoms with Crippen molar-refractivity contribution in [2.75, 3.05) is 13.2 Å². The van der Waals surface area contributed by atoms with Crippen LogP contribution in [0.15, 0.2) is 42.5 Å². The molecule has 0 aliphatic carbocycles. The molecule has 2 aromatic rings. The first-order valence-corrected chi connectivity index (χ1v) is 8.49. The minimum absolute atomic E-state index is 0.0458. The lowest BCUT2D eigenvalue weighted by atomic mass is 10.1. The summed E-state index contributed by atoms with van der Waals surface area (Å²) in [7, 11) is 0. The number of esters is 1. The quantitative estimate of drug-likeness (QED) is 0.677. The van der Waals surface area contributed by atoms with Crippen LogP contribution >= 0.6 is 0 Å². The van der Waals surface area contributed by atoms with E-state index in [0.717, 1.165) is 23.3 Å². The van der Waals surface area contributed by atoms with Crippen molar-refractivity contribution in [2.24, 2.45) is 0 Å². The van der Waals surface area contributed by atoms with Crippen molar-refractivity contribution in [3.8, 4) is 11.5 Å². The number of nitrogens with one attached hydrogen (secondary N) is 1. The Hall–Kier alpha value is -3.49. The summed E-state index contributed by atoms with van der Waals surface area (Å²) >= 11 is 0. The Labute approximate surface area is 165 Å². The fourth-order valence-corrected chi connectivity index (χ4v) is 2.31. The molecule has 0 aliphatic rings. The van der Waals surface area contributed by atoms with Crippen LogP contribution in [-0.4, -0.2) is 37.6 Å². The molecule has 0 bridgehead atoms. The Morgan fingerprint density at radius 2 is 1.69 bits per heavy atom. The number of carbonyl (C=O) groups is 3. The molecule has 0 fully saturated rings. The number of amides is 2. The van der Waals surface area contributed by atoms with Gasteiger partial charge in [-0.3, -0.25) is 14.9 Å². The average Bonchev–Trinajstić information content (AvgIpc) is 2.65. The zero-order valence-corrected chi connectivity index (χ0v) is 15.7. The molecule has 0 aliphatic heterocycles. The highest BCUT2D eigenvalue weighted by Crippen LogP contribution is 2.18. The molecule has 154 valence electrons. The van der Waals surface area contributed by atoms with Gasteiger partial charge in [-0.1, -0.05) is 17.7 Å². The molecule has 0 heterocycles. The van der Waals surface area contributed by atoms with Gasteiger partial charge in [0.1, 0.15) is 11.5 Å². The molecule has 0 saturated carbocycles. The first-order valence-electron chi connectivity index (χ1n) is 8.49. The van der Waals surface area contributed by atoms with E-state index in [2.05, 4.69) is 4.74 Å². The third kappa shape index (κ3) is 7.21. The molecular weight excluding hydrogens is 388 g/mol. The van der Waals surface area contributed by atoms with Gasteiger partial charge in [0.25, 0.3) is 11.8 Å². The van der Waals surface area contributed by atoms with Crippen molar-refractivity contribution in [1.29, 1.82) is 0 Å². The molecule has 0 saturated heterocycles. The number of halogens is 2. The van der Waals surface area contributed by atoms with Gasteiger partial charge < -0.3 is 14.2 Å². The van der Waals surface area contributed by atoms with E-state index in [1.165, 1.54) is 12.1 Å². The standard InChI is InChI=1S/C20H19F2NO6/c1-12-3-8-16(13(2)9-12)27-11-18(25)28-10-17(24)23-19(26)14-4-6-15(7-5-14)29-20(21)22/h3-9,20H,10-11H2,1-2H3,(H,23,24,26). The van der Waals surface area contributed by atoms with Crippen LogP contribution < -0.4 is 14.8 Å². The molecule has 0 aromatic heterocycles. The lowest BCUT2D eigenvalue weighted by Crippen LogP contribution is -2.34. The predicted octanol–water partition coefficient (Wildman–Crippen LogP) is 2.78. The maximum Gasteiger partial charge on any atom is 0.387 e. The van der Waals surface area contributed by atoms with Crippen molar-refractivity contribution < 1.29 is 37.4 Å². The second-order valence-corrected chi connectivity index (χ2v) is 6.00. The van der Waals surface area contributed by atoms with E-state index in [0.29, 0.717) is 5.75 Å². The summed E-state index contributed by atoms with van der Waals surface area (Å²) in [6, 6.07) is 10.2. The van der Waals surface area contributed by atoms with Crippen LogP contribution in [-0.2, 0) is 14.3 Å². The Bertz CT molecular complexity index is 883. The fraction of sp³-hybridized carbons (Fsp3) is 0.250. The number of hydrogen-bond acceptors (Lipinski definition) is 6. The SMILES string of the molecule is Cc1ccc(OCC(=O)OCC(=O)NC(=O)c2ccc(OC(F)F)cc2)c(C)c1. The largest absolute Gasteiger partial charge is 0.482 e. The molecule has 2 amide bonds. The summed E-state index contributed by atoms with van der Waals surface area (Å²) in [6.07, 6.45) is 0. The van der Waals surface area contributed by atoms with Crippen molar-refractivity contribution in [3.63, 3.8) is 0 Å². The monoisotopic (exact) mass is 407 g/mol. The van der Waals surface area contributed by atoms with Gasteiger partial charge in [-0.25, -0.2) is 4.79 Å². The van der Waals surface area contributed by atoms with Gasteiger partial charge in [0.05, 0.1) is 0 Å². The van der Waals surface area contributed by atoms with Crippen LogP contribution in [0.25, 0.3) is 0 Å². The molecule has 0 atom stereocenters. The van der Waals surface area contributed by atoms with E-state index >= 15 is 0 Å². The second-order valence-electron chi connectivity index (χ2n) is 6.00. The normalized spacial score (nSPS) is 10.4. The first-order chi connectivity index (χ1) is 13.7. The van der Waals surface area contributed by atoms with Crippen molar-refractivity contribution in [2.45, 2.75) is 20.5 Å². The Morgan fingerprint density at radius 3 is 2.31 bits per heavy atom. The number of hydrogen-bond donors (Lipinski definition) is 1. The predicted molar refractivity (Wildman–Crippen MR) is 97.9 cm³/mol. The molecule has 29 heavy (non-hydrogen) atoms. The zero-order valence-electron chi connectivity index (χ0n) is 15.7. The first kappa shape index (κ1) is 21.8. The average molecular weight is 407 g/mol. The summed E-state index contributed by atoms with van der Waals surface area (Å²) in [6.45, 7) is -0.288. The van der Waals surface area contributed by atoms with Gasteiger partial charge in [-0.15, -0.1) is 0 Å². The highest BCUT2D eigenvalue weighted by Gasteiger charge is 2.14. The van der Waals surface area contributed by atoms with Crippen LogP contribution in [0.4, 0.5) is 8.78 Å². The Balaban J connectivity index is 1.75. The maximum absolute atomic E-state index is 12.1. The number of ether oxygens (including phenoxy) is 3. The highest BCUT2D eigenvalue weighted by atomic mass is 19.3. The topological polar surface area (TPSA) is 90.9 Å². The smallest absolute Gasteiger partial charge is 0.387 e. The number of benzene rings is 2. The molecule has 0 radical (unpaired) electrons. The summed E-state index contributed by atoms with van der Waals surface area (Å²) in [5, 5.41) is 2.02. The molecule has 7 nitrogen and oxygen atoms in total. The van der Waals surface area contributed by atoms with Crippen LogP contribution in [0.5, 0.6) is 11.5 Å². The second kappa shape index (κ2) is 10.2. The highest BCUT2D eigenvalue weighted by molar-refractivity contribution is 6.05. The van der Waals surface area contributed by atoms with Gasteiger partial charge in [0, 0.05) is 5.56 Å². The minimum Gasteiger partial charge on any atom is -0.482 e. The van der Waals surface area contributed by atoms with E-state index in [1.807, 2.05) is 31.3 Å². The Morgan fingerprint density at radius 1 is 1.00 bits per heavy atom. The molecular formula is C20H19F2NO6. The fourth-order valence-electron chi connectivity index (χ4n) is 2.31. The molecule has 0 spiro atoms. The van der Waals surface area contributed by atoms with Crippen LogP contribution in [0.2, 0.25) is 0 Å². The number of imide groups is 1. The minimum atomic E-state index is -2.98. The van der Waals surface area contributed by atoms with Gasteiger partial charge in [0.15, 0.2) is 13.2 Å². The van der Waals surface area contributed by atoms with Gasteiger partial charge in [-0.05, 0) is 49.7 Å². The van der Waals surface area contributed by atoms with Crippen LogP contribution in [0.3, 0.4) is 0 Å². The lowest BCUT2D eigenvalue weighted by Gasteiger charge is -2.10. The zero-order chi connectivity index (χ0) is 21.4. The van der Waals surface area contributed by atoms with Crippen molar-refractivity contribution in [1.82, 2.24) is 5.32 Å². The maximum atomic E-state index is 12.1. The molecule has 9 heteroatoms. The van der Waals surface area contributed by atoms with Crippen LogP contribution in [0.1, 0.15) is 21.5 Å². The number of carbonyl (C=O) groups excluding carboxylic acids is 3. The van der Waals surface area contributed by atoms with E-state index in [4.69, 9.17) is 9.47 Å². The molecule has 1 N–H and O–H groups in total. The van der Waals surface area contributed by atoms with Crippen molar-refractivity contribution >= 4 is 17.8 Å². The molecule has 0 unspecified atom stereocenters. The van der Waals surface area contributed by atoms with E-state index in [1.54, 1.807) is 6.07 Å². The van der Waals surface area contributed by atoms with Gasteiger partial charge in [-0.2, -0.15) is 8.78 Å². The third-order valence-corrected chi connectivity index (χ3v) is 3.63. The number of alkyl halides is 2. The van der Waals surface area contributed by atoms with E-state index in [-0.39, 0.29) is 11.3 Å². The Kier molecular flexibility index (Phi) is 7.64. The van der Waals surface area contributed by atoms with Crippen molar-refractivity contribution in [3.05, 3.63) is 59.2 Å². The van der Waals surface area contributed by atoms with Crippen LogP contribution in [0, 0.1) is 13.8 Å².